The van der Waals surface area contributed by atoms with Gasteiger partial charge in [0.15, 0.2) is 11.9 Å². The fraction of sp³-hybridized carbons (Fsp3) is 0.273. The third-order valence-corrected chi connectivity index (χ3v) is 2.72. The Balaban J connectivity index is 3.23. The molecule has 0 aromatic heterocycles. The highest BCUT2D eigenvalue weighted by Crippen LogP contribution is 2.26. The lowest BCUT2D eigenvalue weighted by molar-refractivity contribution is -0.147. The molecule has 0 saturated heterocycles. The highest BCUT2D eigenvalue weighted by atomic mass is 32.1. The number of carbonyl (C=O) groups excluding carboxylic acids is 1. The summed E-state index contributed by atoms with van der Waals surface area (Å²) in [6, 6.07) is 4.53. The van der Waals surface area contributed by atoms with E-state index in [-0.39, 0.29) is 16.2 Å². The summed E-state index contributed by atoms with van der Waals surface area (Å²) in [4.78, 5) is 22.4. The summed E-state index contributed by atoms with van der Waals surface area (Å²) in [5.41, 5.74) is 0.471. The Morgan fingerprint density at radius 3 is 2.56 bits per heavy atom. The van der Waals surface area contributed by atoms with Crippen LogP contribution in [0.15, 0.2) is 23.1 Å². The van der Waals surface area contributed by atoms with E-state index in [4.69, 9.17) is 5.11 Å². The molecule has 1 aromatic carbocycles. The van der Waals surface area contributed by atoms with Crippen molar-refractivity contribution in [2.75, 3.05) is 0 Å². The van der Waals surface area contributed by atoms with Gasteiger partial charge in [0.25, 0.3) is 0 Å². The van der Waals surface area contributed by atoms with Gasteiger partial charge in [-0.05, 0) is 0 Å². The minimum absolute atomic E-state index is 0.134. The number of aliphatic hydroxyl groups is 1. The number of aliphatic carboxylic acids is 1. The summed E-state index contributed by atoms with van der Waals surface area (Å²) >= 11 is 4.09. The van der Waals surface area contributed by atoms with Crippen molar-refractivity contribution in [3.05, 3.63) is 29.3 Å². The quantitative estimate of drug-likeness (QED) is 0.553. The van der Waals surface area contributed by atoms with Gasteiger partial charge in [-0.1, -0.05) is 25.1 Å². The van der Waals surface area contributed by atoms with E-state index in [1.165, 1.54) is 12.1 Å². The Hall–Kier alpha value is -1.33. The molecule has 0 saturated carbocycles. The molecule has 1 rings (SSSR count). The normalized spacial score (nSPS) is 12.2. The maximum atomic E-state index is 11.5. The number of thiol groups is 1. The number of carboxylic acids is 1. The molecule has 0 bridgehead atoms. The molecule has 4 nitrogen and oxygen atoms in total. The van der Waals surface area contributed by atoms with E-state index in [2.05, 4.69) is 12.6 Å². The Labute approximate surface area is 98.3 Å². The third-order valence-electron chi connectivity index (χ3n) is 2.22. The maximum Gasteiger partial charge on any atom is 0.337 e. The first kappa shape index (κ1) is 12.7. The van der Waals surface area contributed by atoms with Crippen LogP contribution in [0.2, 0.25) is 0 Å². The number of Topliss-reactive ketones (excluding diaryl/α,β-unsaturated/α-hetero) is 1. The van der Waals surface area contributed by atoms with Crippen LogP contribution in [-0.2, 0) is 4.79 Å². The molecule has 86 valence electrons. The molecule has 0 aliphatic heterocycles. The lowest BCUT2D eigenvalue weighted by Crippen LogP contribution is -2.12. The van der Waals surface area contributed by atoms with Gasteiger partial charge in [-0.2, -0.15) is 0 Å². The second-order valence-electron chi connectivity index (χ2n) is 3.26. The van der Waals surface area contributed by atoms with E-state index < -0.39 is 12.1 Å². The Kier molecular flexibility index (Phi) is 4.09. The van der Waals surface area contributed by atoms with Gasteiger partial charge in [0.05, 0.1) is 0 Å². The van der Waals surface area contributed by atoms with Crippen LogP contribution in [0.5, 0.6) is 0 Å². The van der Waals surface area contributed by atoms with E-state index in [9.17, 15) is 14.7 Å². The highest BCUT2D eigenvalue weighted by molar-refractivity contribution is 7.80. The molecule has 1 aromatic rings. The molecule has 16 heavy (non-hydrogen) atoms. The fourth-order valence-corrected chi connectivity index (χ4v) is 1.73. The smallest absolute Gasteiger partial charge is 0.337 e. The average molecular weight is 240 g/mol. The second-order valence-corrected chi connectivity index (χ2v) is 3.71. The van der Waals surface area contributed by atoms with Gasteiger partial charge < -0.3 is 10.2 Å². The lowest BCUT2D eigenvalue weighted by Gasteiger charge is -2.11. The molecule has 0 fully saturated rings. The third kappa shape index (κ3) is 2.43. The molecule has 0 amide bonds. The molecule has 0 heterocycles. The number of rotatable bonds is 4. The Morgan fingerprint density at radius 2 is 2.06 bits per heavy atom. The Morgan fingerprint density at radius 1 is 1.44 bits per heavy atom. The number of ketones is 1. The molecule has 1 atom stereocenters. The molecular weight excluding hydrogens is 228 g/mol. The molecule has 0 radical (unpaired) electrons. The van der Waals surface area contributed by atoms with Crippen molar-refractivity contribution < 1.29 is 19.8 Å². The topological polar surface area (TPSA) is 74.6 Å². The monoisotopic (exact) mass is 240 g/mol. The van der Waals surface area contributed by atoms with E-state index >= 15 is 0 Å². The fourth-order valence-electron chi connectivity index (χ4n) is 1.33. The first-order valence-electron chi connectivity index (χ1n) is 4.75. The number of aliphatic hydroxyl groups excluding tert-OH is 1. The predicted octanol–water partition coefficient (Wildman–Crippen LogP) is 1.69. The minimum atomic E-state index is -1.66. The van der Waals surface area contributed by atoms with Crippen molar-refractivity contribution in [3.8, 4) is 0 Å². The summed E-state index contributed by atoms with van der Waals surface area (Å²) in [5, 5.41) is 18.1. The molecular formula is C11H12O4S. The van der Waals surface area contributed by atoms with Gasteiger partial charge in [0.2, 0.25) is 0 Å². The van der Waals surface area contributed by atoms with Gasteiger partial charge in [-0.25, -0.2) is 4.79 Å². The zero-order valence-corrected chi connectivity index (χ0v) is 9.57. The molecule has 2 N–H and O–H groups in total. The molecule has 0 aliphatic carbocycles. The minimum Gasteiger partial charge on any atom is -0.479 e. The van der Waals surface area contributed by atoms with E-state index in [1.54, 1.807) is 13.0 Å². The molecule has 5 heteroatoms. The number of carbonyl (C=O) groups is 2. The summed E-state index contributed by atoms with van der Waals surface area (Å²) in [6.07, 6.45) is -1.35. The van der Waals surface area contributed by atoms with Gasteiger partial charge >= 0.3 is 5.97 Å². The first-order chi connectivity index (χ1) is 7.49. The highest BCUT2D eigenvalue weighted by Gasteiger charge is 2.21. The van der Waals surface area contributed by atoms with Crippen molar-refractivity contribution >= 4 is 24.4 Å². The number of carboxylic acid groups (broad SMARTS) is 1. The lowest BCUT2D eigenvalue weighted by atomic mass is 10.0. The zero-order chi connectivity index (χ0) is 12.3. The molecule has 0 spiro atoms. The zero-order valence-electron chi connectivity index (χ0n) is 8.67. The van der Waals surface area contributed by atoms with Crippen LogP contribution in [0, 0.1) is 0 Å². The van der Waals surface area contributed by atoms with Crippen LogP contribution in [0.1, 0.15) is 35.4 Å². The largest absolute Gasteiger partial charge is 0.479 e. The van der Waals surface area contributed by atoms with Crippen LogP contribution < -0.4 is 0 Å². The van der Waals surface area contributed by atoms with Gasteiger partial charge in [-0.15, -0.1) is 12.6 Å². The summed E-state index contributed by atoms with van der Waals surface area (Å²) in [5.74, 6) is -1.50. The van der Waals surface area contributed by atoms with Gasteiger partial charge in [0, 0.05) is 22.4 Å². The van der Waals surface area contributed by atoms with Crippen molar-refractivity contribution in [2.45, 2.75) is 24.3 Å². The van der Waals surface area contributed by atoms with Crippen LogP contribution in [0.25, 0.3) is 0 Å². The molecule has 1 unspecified atom stereocenters. The summed E-state index contributed by atoms with van der Waals surface area (Å²) in [6.45, 7) is 1.70. The first-order valence-corrected chi connectivity index (χ1v) is 5.19. The maximum absolute atomic E-state index is 11.5. The van der Waals surface area contributed by atoms with E-state index in [0.29, 0.717) is 12.0 Å². The van der Waals surface area contributed by atoms with Crippen molar-refractivity contribution in [1.29, 1.82) is 0 Å². The molecule has 0 aliphatic rings. The van der Waals surface area contributed by atoms with Crippen LogP contribution >= 0.6 is 12.6 Å². The number of benzene rings is 1. The SMILES string of the molecule is CCC(=O)c1cccc(C(O)C(=O)O)c1S. The van der Waals surface area contributed by atoms with Crippen molar-refractivity contribution in [3.63, 3.8) is 0 Å². The van der Waals surface area contributed by atoms with Gasteiger partial charge in [-0.3, -0.25) is 4.79 Å². The van der Waals surface area contributed by atoms with E-state index in [1.807, 2.05) is 0 Å². The Bertz CT molecular complexity index is 428. The standard InChI is InChI=1S/C11H12O4S/c1-2-8(12)6-4-3-5-7(10(6)16)9(13)11(14)15/h3-5,9,13,16H,2H2,1H3,(H,14,15). The van der Waals surface area contributed by atoms with Crippen molar-refractivity contribution in [1.82, 2.24) is 0 Å². The van der Waals surface area contributed by atoms with Crippen LogP contribution in [-0.4, -0.2) is 22.0 Å². The van der Waals surface area contributed by atoms with E-state index in [0.717, 1.165) is 0 Å². The number of hydrogen-bond acceptors (Lipinski definition) is 4. The second kappa shape index (κ2) is 5.14. The van der Waals surface area contributed by atoms with Crippen LogP contribution in [0.4, 0.5) is 0 Å². The number of hydrogen-bond donors (Lipinski definition) is 3. The predicted molar refractivity (Wildman–Crippen MR) is 60.9 cm³/mol. The summed E-state index contributed by atoms with van der Waals surface area (Å²) in [7, 11) is 0. The van der Waals surface area contributed by atoms with Crippen molar-refractivity contribution in [2.24, 2.45) is 0 Å². The average Bonchev–Trinajstić information content (AvgIpc) is 2.27. The summed E-state index contributed by atoms with van der Waals surface area (Å²) < 4.78 is 0. The van der Waals surface area contributed by atoms with Gasteiger partial charge in [0.1, 0.15) is 0 Å². The van der Waals surface area contributed by atoms with Crippen LogP contribution in [0.3, 0.4) is 0 Å².